The number of ether oxygens (including phenoxy) is 1. The molecule has 0 aromatic heterocycles. The number of aliphatic imine (C=N–C) groups is 2. The zero-order chi connectivity index (χ0) is 23.0. The van der Waals surface area contributed by atoms with E-state index in [1.54, 1.807) is 36.4 Å². The summed E-state index contributed by atoms with van der Waals surface area (Å²) in [6, 6.07) is 16.8. The van der Waals surface area contributed by atoms with E-state index in [2.05, 4.69) is 9.98 Å². The minimum absolute atomic E-state index is 0. The number of benzene rings is 2. The molecular weight excluding hydrogens is 442 g/mol. The quantitative estimate of drug-likeness (QED) is 0.309. The largest absolute Gasteiger partial charge is 0.494 e. The summed E-state index contributed by atoms with van der Waals surface area (Å²) in [6.07, 6.45) is 4.93. The minimum Gasteiger partial charge on any atom is -0.494 e. The first-order valence-corrected chi connectivity index (χ1v) is 10.5. The molecule has 8 nitrogen and oxygen atoms in total. The van der Waals surface area contributed by atoms with E-state index in [1.165, 1.54) is 5.06 Å². The fourth-order valence-electron chi connectivity index (χ4n) is 3.12. The molecule has 0 fully saturated rings. The van der Waals surface area contributed by atoms with Crippen LogP contribution in [0.1, 0.15) is 42.6 Å². The summed E-state index contributed by atoms with van der Waals surface area (Å²) in [5, 5.41) is 1.46. The molecule has 9 heteroatoms. The molecule has 0 saturated carbocycles. The standard InChI is InChI=1S/C24H29N5O3.ClH/c1-24(2)28-22(25)27-23(26)29(24)32-17-7-6-16-31-20-13-11-19(12-14-20)21(30)15-10-18-8-4-3-5-9-18;/h3-5,8-15H,6-7,16-17H2,1-2H3,(H4,25,26,27,28);1H/b15-10+;. The highest BCUT2D eigenvalue weighted by atomic mass is 35.5. The molecule has 0 aliphatic carbocycles. The van der Waals surface area contributed by atoms with Crippen LogP contribution in [0.5, 0.6) is 5.75 Å². The van der Waals surface area contributed by atoms with Crippen molar-refractivity contribution < 1.29 is 14.4 Å². The summed E-state index contributed by atoms with van der Waals surface area (Å²) in [7, 11) is 0. The van der Waals surface area contributed by atoms with Crippen molar-refractivity contribution in [1.82, 2.24) is 5.06 Å². The van der Waals surface area contributed by atoms with Crippen LogP contribution in [0.4, 0.5) is 0 Å². The van der Waals surface area contributed by atoms with Crippen LogP contribution >= 0.6 is 12.4 Å². The van der Waals surface area contributed by atoms with Gasteiger partial charge in [0.25, 0.3) is 0 Å². The molecule has 0 bridgehead atoms. The van der Waals surface area contributed by atoms with Crippen molar-refractivity contribution >= 4 is 36.2 Å². The first-order valence-electron chi connectivity index (χ1n) is 10.5. The number of unbranched alkanes of at least 4 members (excludes halogenated alkanes) is 1. The lowest BCUT2D eigenvalue weighted by Crippen LogP contribution is -2.53. The van der Waals surface area contributed by atoms with E-state index in [9.17, 15) is 4.79 Å². The molecule has 1 heterocycles. The van der Waals surface area contributed by atoms with Crippen molar-refractivity contribution in [1.29, 1.82) is 0 Å². The van der Waals surface area contributed by atoms with Gasteiger partial charge < -0.3 is 16.2 Å². The SMILES string of the molecule is CC1(C)N=C(N)N=C(N)N1OCCCCOc1ccc(C(=O)/C=C/c2ccccc2)cc1.Cl. The van der Waals surface area contributed by atoms with Crippen molar-refractivity contribution in [2.75, 3.05) is 13.2 Å². The zero-order valence-corrected chi connectivity index (χ0v) is 19.6. The predicted octanol–water partition coefficient (Wildman–Crippen LogP) is 3.78. The fraction of sp³-hybridized carbons (Fsp3) is 0.292. The molecule has 0 radical (unpaired) electrons. The van der Waals surface area contributed by atoms with Gasteiger partial charge in [0.2, 0.25) is 11.9 Å². The number of halogens is 1. The Hall–Kier alpha value is -3.36. The molecule has 0 atom stereocenters. The Morgan fingerprint density at radius 1 is 1.03 bits per heavy atom. The van der Waals surface area contributed by atoms with Crippen molar-refractivity contribution in [3.63, 3.8) is 0 Å². The van der Waals surface area contributed by atoms with Gasteiger partial charge in [0.05, 0.1) is 13.2 Å². The highest BCUT2D eigenvalue weighted by Gasteiger charge is 2.32. The van der Waals surface area contributed by atoms with Crippen molar-refractivity contribution in [2.24, 2.45) is 21.5 Å². The molecule has 1 aliphatic rings. The zero-order valence-electron chi connectivity index (χ0n) is 18.8. The van der Waals surface area contributed by atoms with Crippen LogP contribution in [-0.2, 0) is 4.84 Å². The normalized spacial score (nSPS) is 14.9. The number of carbonyl (C=O) groups is 1. The summed E-state index contributed by atoms with van der Waals surface area (Å²) in [5.74, 6) is 0.993. The number of rotatable bonds is 10. The van der Waals surface area contributed by atoms with Gasteiger partial charge in [-0.3, -0.25) is 9.63 Å². The van der Waals surface area contributed by atoms with Gasteiger partial charge in [-0.05, 0) is 62.6 Å². The minimum atomic E-state index is -0.706. The highest BCUT2D eigenvalue weighted by molar-refractivity contribution is 6.06. The maximum atomic E-state index is 12.3. The molecule has 33 heavy (non-hydrogen) atoms. The second-order valence-electron chi connectivity index (χ2n) is 7.75. The maximum absolute atomic E-state index is 12.3. The van der Waals surface area contributed by atoms with Gasteiger partial charge in [0.15, 0.2) is 11.4 Å². The topological polar surface area (TPSA) is 116 Å². The van der Waals surface area contributed by atoms with E-state index >= 15 is 0 Å². The van der Waals surface area contributed by atoms with Crippen LogP contribution < -0.4 is 16.2 Å². The lowest BCUT2D eigenvalue weighted by Gasteiger charge is -2.36. The molecule has 0 saturated heterocycles. The molecule has 2 aromatic carbocycles. The molecule has 3 rings (SSSR count). The Balaban J connectivity index is 0.00000385. The number of carbonyl (C=O) groups excluding carboxylic acids is 1. The Morgan fingerprint density at radius 3 is 2.36 bits per heavy atom. The van der Waals surface area contributed by atoms with Gasteiger partial charge in [-0.15, -0.1) is 12.4 Å². The number of hydroxylamine groups is 2. The van der Waals surface area contributed by atoms with Crippen LogP contribution in [-0.4, -0.2) is 41.6 Å². The molecule has 0 spiro atoms. The Bertz CT molecular complexity index is 1000. The Kier molecular flexibility index (Phi) is 9.44. The molecule has 0 amide bonds. The summed E-state index contributed by atoms with van der Waals surface area (Å²) >= 11 is 0. The summed E-state index contributed by atoms with van der Waals surface area (Å²) < 4.78 is 5.75. The molecular formula is C24H30ClN5O3. The third-order valence-electron chi connectivity index (χ3n) is 4.72. The fourth-order valence-corrected chi connectivity index (χ4v) is 3.12. The van der Waals surface area contributed by atoms with Crippen LogP contribution in [0.25, 0.3) is 6.08 Å². The van der Waals surface area contributed by atoms with E-state index in [0.29, 0.717) is 24.5 Å². The van der Waals surface area contributed by atoms with Crippen molar-refractivity contribution in [3.05, 3.63) is 71.8 Å². The van der Waals surface area contributed by atoms with Crippen LogP contribution in [0.3, 0.4) is 0 Å². The summed E-state index contributed by atoms with van der Waals surface area (Å²) in [6.45, 7) is 4.66. The van der Waals surface area contributed by atoms with Gasteiger partial charge in [-0.2, -0.15) is 10.1 Å². The number of nitrogens with two attached hydrogens (primary N) is 2. The van der Waals surface area contributed by atoms with Gasteiger partial charge in [0.1, 0.15) is 5.75 Å². The van der Waals surface area contributed by atoms with E-state index in [-0.39, 0.29) is 30.1 Å². The second kappa shape index (κ2) is 12.0. The lowest BCUT2D eigenvalue weighted by atomic mass is 10.1. The van der Waals surface area contributed by atoms with Crippen LogP contribution in [0.2, 0.25) is 0 Å². The van der Waals surface area contributed by atoms with E-state index in [4.69, 9.17) is 21.0 Å². The van der Waals surface area contributed by atoms with E-state index < -0.39 is 5.66 Å². The van der Waals surface area contributed by atoms with Gasteiger partial charge in [0, 0.05) is 5.56 Å². The average Bonchev–Trinajstić information content (AvgIpc) is 2.76. The third kappa shape index (κ3) is 7.62. The summed E-state index contributed by atoms with van der Waals surface area (Å²) in [4.78, 5) is 26.2. The molecule has 1 aliphatic heterocycles. The number of ketones is 1. The second-order valence-corrected chi connectivity index (χ2v) is 7.75. The predicted molar refractivity (Wildman–Crippen MR) is 133 cm³/mol. The average molecular weight is 472 g/mol. The third-order valence-corrected chi connectivity index (χ3v) is 4.72. The highest BCUT2D eigenvalue weighted by Crippen LogP contribution is 2.20. The molecule has 176 valence electrons. The lowest BCUT2D eigenvalue weighted by molar-refractivity contribution is -0.157. The van der Waals surface area contributed by atoms with Gasteiger partial charge in [-0.25, -0.2) is 4.99 Å². The number of hydrogen-bond donors (Lipinski definition) is 2. The van der Waals surface area contributed by atoms with Crippen LogP contribution in [0.15, 0.2) is 70.7 Å². The molecule has 4 N–H and O–H groups in total. The monoisotopic (exact) mass is 471 g/mol. The smallest absolute Gasteiger partial charge is 0.226 e. The van der Waals surface area contributed by atoms with Crippen LogP contribution in [0, 0.1) is 0 Å². The molecule has 2 aromatic rings. The first kappa shape index (κ1) is 25.9. The number of hydrogen-bond acceptors (Lipinski definition) is 8. The number of nitrogens with zero attached hydrogens (tertiary/aromatic N) is 3. The number of allylic oxidation sites excluding steroid dienone is 1. The molecule has 0 unspecified atom stereocenters. The van der Waals surface area contributed by atoms with Gasteiger partial charge in [-0.1, -0.05) is 36.4 Å². The summed E-state index contributed by atoms with van der Waals surface area (Å²) in [5.41, 5.74) is 12.4. The van der Waals surface area contributed by atoms with Crippen molar-refractivity contribution in [2.45, 2.75) is 32.4 Å². The van der Waals surface area contributed by atoms with E-state index in [0.717, 1.165) is 18.4 Å². The Labute approximate surface area is 200 Å². The Morgan fingerprint density at radius 2 is 1.70 bits per heavy atom. The maximum Gasteiger partial charge on any atom is 0.226 e. The number of guanidine groups is 2. The van der Waals surface area contributed by atoms with Crippen molar-refractivity contribution in [3.8, 4) is 5.75 Å². The first-order chi connectivity index (χ1) is 15.3. The van der Waals surface area contributed by atoms with Gasteiger partial charge >= 0.3 is 0 Å². The van der Waals surface area contributed by atoms with E-state index in [1.807, 2.05) is 44.2 Å².